The molecule has 2 aromatic rings. The van der Waals surface area contributed by atoms with Crippen LogP contribution in [0.15, 0.2) is 33.2 Å². The fourth-order valence-electron chi connectivity index (χ4n) is 1.76. The summed E-state index contributed by atoms with van der Waals surface area (Å²) in [6.45, 7) is 0.291. The SMILES string of the molecule is CN(CC(=O)NCCSCc1ccsc1)S(=O)(=O)c1ccc(Cl)s1. The van der Waals surface area contributed by atoms with Crippen LogP contribution >= 0.6 is 46.0 Å². The van der Waals surface area contributed by atoms with E-state index in [9.17, 15) is 13.2 Å². The average Bonchev–Trinajstić information content (AvgIpc) is 3.18. The molecule has 0 bridgehead atoms. The van der Waals surface area contributed by atoms with Crippen LogP contribution in [0.5, 0.6) is 0 Å². The molecule has 0 saturated carbocycles. The van der Waals surface area contributed by atoms with E-state index in [1.165, 1.54) is 24.7 Å². The van der Waals surface area contributed by atoms with Crippen LogP contribution in [-0.4, -0.2) is 44.5 Å². The Bertz CT molecular complexity index is 759. The molecule has 2 heterocycles. The van der Waals surface area contributed by atoms with Crippen molar-refractivity contribution in [1.82, 2.24) is 9.62 Å². The maximum atomic E-state index is 12.3. The van der Waals surface area contributed by atoms with Crippen LogP contribution in [0.2, 0.25) is 4.34 Å². The maximum absolute atomic E-state index is 12.3. The molecule has 0 aromatic carbocycles. The number of nitrogens with zero attached hydrogens (tertiary/aromatic N) is 1. The molecule has 5 nitrogen and oxygen atoms in total. The van der Waals surface area contributed by atoms with E-state index in [1.807, 2.05) is 5.38 Å². The Morgan fingerprint density at radius 3 is 2.79 bits per heavy atom. The van der Waals surface area contributed by atoms with Crippen LogP contribution in [-0.2, 0) is 20.6 Å². The third kappa shape index (κ3) is 5.75. The van der Waals surface area contributed by atoms with Gasteiger partial charge in [0.15, 0.2) is 0 Å². The van der Waals surface area contributed by atoms with Crippen molar-refractivity contribution in [2.75, 3.05) is 25.9 Å². The van der Waals surface area contributed by atoms with E-state index in [0.29, 0.717) is 10.9 Å². The summed E-state index contributed by atoms with van der Waals surface area (Å²) >= 11 is 10.1. The van der Waals surface area contributed by atoms with Crippen LogP contribution in [0.25, 0.3) is 0 Å². The van der Waals surface area contributed by atoms with Gasteiger partial charge in [-0.3, -0.25) is 4.79 Å². The Morgan fingerprint density at radius 2 is 2.17 bits per heavy atom. The summed E-state index contributed by atoms with van der Waals surface area (Å²) in [4.78, 5) is 11.9. The van der Waals surface area contributed by atoms with Crippen LogP contribution in [0.1, 0.15) is 5.56 Å². The van der Waals surface area contributed by atoms with Gasteiger partial charge in [0.25, 0.3) is 10.0 Å². The number of rotatable bonds is 9. The first-order valence-electron chi connectivity index (χ1n) is 6.97. The second-order valence-electron chi connectivity index (χ2n) is 4.85. The van der Waals surface area contributed by atoms with Gasteiger partial charge in [0.2, 0.25) is 5.91 Å². The standard InChI is InChI=1S/C14H17ClN2O3S4/c1-17(24(19,20)14-3-2-12(15)23-14)8-13(18)16-5-7-22-10-11-4-6-21-9-11/h2-4,6,9H,5,7-8,10H2,1H3,(H,16,18). The van der Waals surface area contributed by atoms with Crippen molar-refractivity contribution in [2.45, 2.75) is 9.96 Å². The number of thioether (sulfide) groups is 1. The average molecular weight is 425 g/mol. The first-order valence-corrected chi connectivity index (χ1v) is 11.7. The van der Waals surface area contributed by atoms with Gasteiger partial charge in [-0.25, -0.2) is 8.42 Å². The molecular formula is C14H17ClN2O3S4. The molecule has 0 spiro atoms. The highest BCUT2D eigenvalue weighted by atomic mass is 35.5. The van der Waals surface area contributed by atoms with Gasteiger partial charge in [-0.05, 0) is 34.5 Å². The summed E-state index contributed by atoms with van der Waals surface area (Å²) in [5.41, 5.74) is 1.27. The summed E-state index contributed by atoms with van der Waals surface area (Å²) in [7, 11) is -2.29. The largest absolute Gasteiger partial charge is 0.354 e. The van der Waals surface area contributed by atoms with E-state index in [4.69, 9.17) is 11.6 Å². The van der Waals surface area contributed by atoms with Crippen LogP contribution in [0.3, 0.4) is 0 Å². The summed E-state index contributed by atoms with van der Waals surface area (Å²) in [6, 6.07) is 5.04. The van der Waals surface area contributed by atoms with Gasteiger partial charge in [0, 0.05) is 25.1 Å². The number of nitrogens with one attached hydrogen (secondary N) is 1. The number of hydrogen-bond acceptors (Lipinski definition) is 6. The lowest BCUT2D eigenvalue weighted by atomic mass is 10.4. The Balaban J connectivity index is 1.71. The van der Waals surface area contributed by atoms with E-state index in [0.717, 1.165) is 27.1 Å². The van der Waals surface area contributed by atoms with Gasteiger partial charge in [-0.15, -0.1) is 11.3 Å². The molecule has 24 heavy (non-hydrogen) atoms. The van der Waals surface area contributed by atoms with E-state index in [2.05, 4.69) is 16.8 Å². The lowest BCUT2D eigenvalue weighted by Crippen LogP contribution is -2.38. The minimum Gasteiger partial charge on any atom is -0.354 e. The Kier molecular flexibility index (Phi) is 7.58. The van der Waals surface area contributed by atoms with Gasteiger partial charge in [-0.1, -0.05) is 11.6 Å². The third-order valence-corrected chi connectivity index (χ3v) is 8.26. The molecule has 0 unspecified atom stereocenters. The van der Waals surface area contributed by atoms with E-state index >= 15 is 0 Å². The highest BCUT2D eigenvalue weighted by Crippen LogP contribution is 2.27. The molecular weight excluding hydrogens is 408 g/mol. The molecule has 0 saturated heterocycles. The van der Waals surface area contributed by atoms with Crippen molar-refractivity contribution < 1.29 is 13.2 Å². The molecule has 0 aliphatic rings. The number of amides is 1. The second-order valence-corrected chi connectivity index (χ2v) is 10.7. The monoisotopic (exact) mass is 424 g/mol. The van der Waals surface area contributed by atoms with Gasteiger partial charge < -0.3 is 5.32 Å². The minimum atomic E-state index is -3.68. The van der Waals surface area contributed by atoms with Crippen molar-refractivity contribution in [3.05, 3.63) is 38.9 Å². The molecule has 0 atom stereocenters. The number of sulfonamides is 1. The highest BCUT2D eigenvalue weighted by molar-refractivity contribution is 7.98. The van der Waals surface area contributed by atoms with Crippen LogP contribution < -0.4 is 5.32 Å². The third-order valence-electron chi connectivity index (χ3n) is 3.00. The summed E-state index contributed by atoms with van der Waals surface area (Å²) in [5, 5.41) is 6.87. The lowest BCUT2D eigenvalue weighted by Gasteiger charge is -2.15. The van der Waals surface area contributed by atoms with Crippen molar-refractivity contribution >= 4 is 62.0 Å². The van der Waals surface area contributed by atoms with Crippen molar-refractivity contribution in [2.24, 2.45) is 0 Å². The molecule has 0 aliphatic heterocycles. The molecule has 1 amide bonds. The number of hydrogen-bond donors (Lipinski definition) is 1. The number of thiophene rings is 2. The molecule has 10 heteroatoms. The zero-order valence-electron chi connectivity index (χ0n) is 12.9. The van der Waals surface area contributed by atoms with Crippen LogP contribution in [0, 0.1) is 0 Å². The Hall–Kier alpha value is -0.580. The van der Waals surface area contributed by atoms with E-state index < -0.39 is 10.0 Å². The van der Waals surface area contributed by atoms with Gasteiger partial charge in [-0.2, -0.15) is 27.4 Å². The van der Waals surface area contributed by atoms with E-state index in [-0.39, 0.29) is 16.7 Å². The predicted octanol–water partition coefficient (Wildman–Crippen LogP) is 3.13. The first kappa shape index (κ1) is 19.7. The molecule has 0 fully saturated rings. The molecule has 0 radical (unpaired) electrons. The lowest BCUT2D eigenvalue weighted by molar-refractivity contribution is -0.121. The zero-order valence-corrected chi connectivity index (χ0v) is 16.9. The van der Waals surface area contributed by atoms with Crippen molar-refractivity contribution in [1.29, 1.82) is 0 Å². The number of halogens is 1. The minimum absolute atomic E-state index is 0.133. The fraction of sp³-hybridized carbons (Fsp3) is 0.357. The summed E-state index contributed by atoms with van der Waals surface area (Å²) in [6.07, 6.45) is 0. The zero-order chi connectivity index (χ0) is 17.6. The first-order chi connectivity index (χ1) is 11.4. The quantitative estimate of drug-likeness (QED) is 0.628. The van der Waals surface area contributed by atoms with Crippen LogP contribution in [0.4, 0.5) is 0 Å². The predicted molar refractivity (Wildman–Crippen MR) is 103 cm³/mol. The molecule has 2 aromatic heterocycles. The molecule has 0 aliphatic carbocycles. The fourth-order valence-corrected chi connectivity index (χ4v) is 6.16. The second kappa shape index (κ2) is 9.21. The van der Waals surface area contributed by atoms with Gasteiger partial charge in [0.05, 0.1) is 10.9 Å². The highest BCUT2D eigenvalue weighted by Gasteiger charge is 2.24. The van der Waals surface area contributed by atoms with Crippen molar-refractivity contribution in [3.8, 4) is 0 Å². The Labute approximate surface area is 159 Å². The smallest absolute Gasteiger partial charge is 0.252 e. The normalized spacial score (nSPS) is 11.8. The Morgan fingerprint density at radius 1 is 1.38 bits per heavy atom. The summed E-state index contributed by atoms with van der Waals surface area (Å²) < 4.78 is 26.1. The topological polar surface area (TPSA) is 66.5 Å². The maximum Gasteiger partial charge on any atom is 0.252 e. The van der Waals surface area contributed by atoms with Gasteiger partial charge in [0.1, 0.15) is 4.21 Å². The number of likely N-dealkylation sites (N-methyl/N-ethyl adjacent to an activating group) is 1. The molecule has 1 N–H and O–H groups in total. The number of carbonyl (C=O) groups is 1. The molecule has 2 rings (SSSR count). The van der Waals surface area contributed by atoms with Gasteiger partial charge >= 0.3 is 0 Å². The number of carbonyl (C=O) groups excluding carboxylic acids is 1. The summed E-state index contributed by atoms with van der Waals surface area (Å²) in [5.74, 6) is 1.37. The van der Waals surface area contributed by atoms with E-state index in [1.54, 1.807) is 23.1 Å². The molecule has 132 valence electrons. The van der Waals surface area contributed by atoms with Crippen molar-refractivity contribution in [3.63, 3.8) is 0 Å².